The molecule has 0 unspecified atom stereocenters. The summed E-state index contributed by atoms with van der Waals surface area (Å²) in [5.74, 6) is 1.69. The van der Waals surface area contributed by atoms with Gasteiger partial charge in [0.2, 0.25) is 5.88 Å². The average molecular weight is 245 g/mol. The number of hydrogen-bond donors (Lipinski definition) is 1. The van der Waals surface area contributed by atoms with Gasteiger partial charge in [-0.1, -0.05) is 6.07 Å². The van der Waals surface area contributed by atoms with Gasteiger partial charge >= 0.3 is 0 Å². The predicted molar refractivity (Wildman–Crippen MR) is 67.7 cm³/mol. The van der Waals surface area contributed by atoms with Crippen LogP contribution in [0.15, 0.2) is 30.6 Å². The van der Waals surface area contributed by atoms with Gasteiger partial charge in [-0.2, -0.15) is 0 Å². The Kier molecular flexibility index (Phi) is 3.74. The molecular formula is C13H15N3O2. The van der Waals surface area contributed by atoms with Crippen molar-refractivity contribution in [3.63, 3.8) is 0 Å². The van der Waals surface area contributed by atoms with E-state index in [-0.39, 0.29) is 0 Å². The largest absolute Gasteiger partial charge is 0.493 e. The molecule has 1 aromatic heterocycles. The number of ether oxygens (including phenoxy) is 2. The molecular weight excluding hydrogens is 230 g/mol. The highest BCUT2D eigenvalue weighted by atomic mass is 16.5. The monoisotopic (exact) mass is 245 g/mol. The fourth-order valence-corrected chi connectivity index (χ4v) is 1.47. The smallest absolute Gasteiger partial charge is 0.238 e. The summed E-state index contributed by atoms with van der Waals surface area (Å²) in [5, 5.41) is 0. The number of aryl methyl sites for hydroxylation is 1. The molecule has 0 amide bonds. The molecule has 1 aromatic carbocycles. The van der Waals surface area contributed by atoms with E-state index in [2.05, 4.69) is 9.97 Å². The van der Waals surface area contributed by atoms with Gasteiger partial charge in [0.1, 0.15) is 0 Å². The fraction of sp³-hybridized carbons (Fsp3) is 0.231. The van der Waals surface area contributed by atoms with Gasteiger partial charge in [0.15, 0.2) is 11.5 Å². The Labute approximate surface area is 106 Å². The summed E-state index contributed by atoms with van der Waals surface area (Å²) >= 11 is 0. The van der Waals surface area contributed by atoms with Crippen molar-refractivity contribution in [1.29, 1.82) is 0 Å². The van der Waals surface area contributed by atoms with Crippen LogP contribution in [0.3, 0.4) is 0 Å². The standard InChI is InChI=1S/C13H15N3O2/c1-9-3-4-11(12(5-9)17-2)18-13-8-15-10(6-14)7-16-13/h3-5,7-8H,6,14H2,1-2H3. The fourth-order valence-electron chi connectivity index (χ4n) is 1.47. The summed E-state index contributed by atoms with van der Waals surface area (Å²) in [6, 6.07) is 5.68. The van der Waals surface area contributed by atoms with E-state index in [1.54, 1.807) is 19.5 Å². The lowest BCUT2D eigenvalue weighted by atomic mass is 10.2. The number of nitrogens with two attached hydrogens (primary N) is 1. The number of nitrogens with zero attached hydrogens (tertiary/aromatic N) is 2. The lowest BCUT2D eigenvalue weighted by Gasteiger charge is -2.10. The van der Waals surface area contributed by atoms with Gasteiger partial charge in [-0.05, 0) is 24.6 Å². The minimum absolute atomic E-state index is 0.362. The molecule has 5 heteroatoms. The average Bonchev–Trinajstić information content (AvgIpc) is 2.41. The van der Waals surface area contributed by atoms with Crippen LogP contribution in [0.1, 0.15) is 11.3 Å². The van der Waals surface area contributed by atoms with Gasteiger partial charge in [0.25, 0.3) is 0 Å². The van der Waals surface area contributed by atoms with E-state index in [0.29, 0.717) is 23.9 Å². The van der Waals surface area contributed by atoms with Gasteiger partial charge in [-0.15, -0.1) is 0 Å². The zero-order chi connectivity index (χ0) is 13.0. The Bertz CT molecular complexity index is 526. The third kappa shape index (κ3) is 2.75. The second-order valence-corrected chi connectivity index (χ2v) is 3.81. The SMILES string of the molecule is COc1cc(C)ccc1Oc1cnc(CN)cn1. The first kappa shape index (κ1) is 12.3. The molecule has 0 bridgehead atoms. The highest BCUT2D eigenvalue weighted by molar-refractivity contribution is 5.44. The summed E-state index contributed by atoms with van der Waals surface area (Å²) in [5.41, 5.74) is 7.27. The first-order valence-corrected chi connectivity index (χ1v) is 5.56. The van der Waals surface area contributed by atoms with E-state index < -0.39 is 0 Å². The molecule has 5 nitrogen and oxygen atoms in total. The summed E-state index contributed by atoms with van der Waals surface area (Å²) in [4.78, 5) is 8.24. The molecule has 0 saturated carbocycles. The van der Waals surface area contributed by atoms with E-state index >= 15 is 0 Å². The van der Waals surface area contributed by atoms with Gasteiger partial charge in [-0.25, -0.2) is 4.98 Å². The molecule has 0 aliphatic heterocycles. The molecule has 2 N–H and O–H groups in total. The van der Waals surface area contributed by atoms with Crippen molar-refractivity contribution in [1.82, 2.24) is 9.97 Å². The number of benzene rings is 1. The predicted octanol–water partition coefficient (Wildman–Crippen LogP) is 2.04. The minimum Gasteiger partial charge on any atom is -0.493 e. The van der Waals surface area contributed by atoms with Crippen LogP contribution in [0.25, 0.3) is 0 Å². The van der Waals surface area contributed by atoms with Crippen LogP contribution >= 0.6 is 0 Å². The summed E-state index contributed by atoms with van der Waals surface area (Å²) < 4.78 is 10.9. The number of methoxy groups -OCH3 is 1. The molecule has 0 spiro atoms. The third-order valence-electron chi connectivity index (χ3n) is 2.42. The molecule has 1 heterocycles. The Morgan fingerprint density at radius 2 is 2.00 bits per heavy atom. The Balaban J connectivity index is 2.22. The molecule has 94 valence electrons. The van der Waals surface area contributed by atoms with Crippen LogP contribution in [-0.4, -0.2) is 17.1 Å². The van der Waals surface area contributed by atoms with Crippen molar-refractivity contribution in [2.24, 2.45) is 5.73 Å². The maximum absolute atomic E-state index is 5.62. The zero-order valence-electron chi connectivity index (χ0n) is 10.4. The summed E-state index contributed by atoms with van der Waals surface area (Å²) in [7, 11) is 1.60. The lowest BCUT2D eigenvalue weighted by Crippen LogP contribution is -2.00. The maximum atomic E-state index is 5.62. The van der Waals surface area contributed by atoms with Crippen molar-refractivity contribution in [2.45, 2.75) is 13.5 Å². The Hall–Kier alpha value is -2.14. The van der Waals surface area contributed by atoms with E-state index in [9.17, 15) is 0 Å². The lowest BCUT2D eigenvalue weighted by molar-refractivity contribution is 0.373. The van der Waals surface area contributed by atoms with Gasteiger partial charge in [0.05, 0.1) is 25.2 Å². The van der Waals surface area contributed by atoms with Crippen molar-refractivity contribution in [2.75, 3.05) is 7.11 Å². The zero-order valence-corrected chi connectivity index (χ0v) is 10.4. The quantitative estimate of drug-likeness (QED) is 0.892. The maximum Gasteiger partial charge on any atom is 0.238 e. The second kappa shape index (κ2) is 5.46. The van der Waals surface area contributed by atoms with Gasteiger partial charge < -0.3 is 15.2 Å². The first-order valence-electron chi connectivity index (χ1n) is 5.56. The number of rotatable bonds is 4. The van der Waals surface area contributed by atoms with Crippen LogP contribution < -0.4 is 15.2 Å². The van der Waals surface area contributed by atoms with Crippen LogP contribution in [0, 0.1) is 6.92 Å². The minimum atomic E-state index is 0.362. The van der Waals surface area contributed by atoms with Crippen molar-refractivity contribution >= 4 is 0 Å². The normalized spacial score (nSPS) is 10.2. The molecule has 0 atom stereocenters. The van der Waals surface area contributed by atoms with Crippen LogP contribution in [0.5, 0.6) is 17.4 Å². The summed E-state index contributed by atoms with van der Waals surface area (Å²) in [6.45, 7) is 2.35. The van der Waals surface area contributed by atoms with Crippen LogP contribution in [0.2, 0.25) is 0 Å². The molecule has 2 aromatic rings. The summed E-state index contributed by atoms with van der Waals surface area (Å²) in [6.07, 6.45) is 3.14. The molecule has 0 saturated heterocycles. The number of aromatic nitrogens is 2. The van der Waals surface area contributed by atoms with Crippen molar-refractivity contribution < 1.29 is 9.47 Å². The Morgan fingerprint density at radius 3 is 2.61 bits per heavy atom. The van der Waals surface area contributed by atoms with Gasteiger partial charge in [-0.3, -0.25) is 4.98 Å². The molecule has 0 radical (unpaired) electrons. The van der Waals surface area contributed by atoms with Gasteiger partial charge in [0, 0.05) is 6.54 Å². The van der Waals surface area contributed by atoms with Crippen LogP contribution in [-0.2, 0) is 6.54 Å². The molecule has 0 fully saturated rings. The number of hydrogen-bond acceptors (Lipinski definition) is 5. The molecule has 0 aliphatic carbocycles. The van der Waals surface area contributed by atoms with Crippen LogP contribution in [0.4, 0.5) is 0 Å². The van der Waals surface area contributed by atoms with E-state index in [1.807, 2.05) is 25.1 Å². The Morgan fingerprint density at radius 1 is 1.17 bits per heavy atom. The molecule has 0 aliphatic rings. The van der Waals surface area contributed by atoms with E-state index in [1.165, 1.54) is 0 Å². The van der Waals surface area contributed by atoms with Crippen molar-refractivity contribution in [3.05, 3.63) is 41.9 Å². The second-order valence-electron chi connectivity index (χ2n) is 3.81. The first-order chi connectivity index (χ1) is 8.72. The van der Waals surface area contributed by atoms with E-state index in [0.717, 1.165) is 11.3 Å². The van der Waals surface area contributed by atoms with E-state index in [4.69, 9.17) is 15.2 Å². The molecule has 2 rings (SSSR count). The van der Waals surface area contributed by atoms with Crippen molar-refractivity contribution in [3.8, 4) is 17.4 Å². The third-order valence-corrected chi connectivity index (χ3v) is 2.42. The molecule has 18 heavy (non-hydrogen) atoms. The highest BCUT2D eigenvalue weighted by Gasteiger charge is 2.06. The topological polar surface area (TPSA) is 70.3 Å². The highest BCUT2D eigenvalue weighted by Crippen LogP contribution is 2.30.